The zero-order chi connectivity index (χ0) is 20.4. The number of nitrogens with one attached hydrogen (secondary N) is 1. The number of sulfonamides is 2. The SMILES string of the molecule is COc1ccccc1S(=O)(=O)Nc1ccc(C)c(S(=O)(=O)N2CCOCC2)c1. The summed E-state index contributed by atoms with van der Waals surface area (Å²) in [5.41, 5.74) is 0.690. The van der Waals surface area contributed by atoms with Gasteiger partial charge in [0.05, 0.1) is 30.9 Å². The summed E-state index contributed by atoms with van der Waals surface area (Å²) >= 11 is 0. The summed E-state index contributed by atoms with van der Waals surface area (Å²) in [4.78, 5) is 0.0327. The van der Waals surface area contributed by atoms with Crippen LogP contribution in [0.1, 0.15) is 5.56 Å². The van der Waals surface area contributed by atoms with E-state index in [2.05, 4.69) is 4.72 Å². The van der Waals surface area contributed by atoms with Crippen LogP contribution in [0.4, 0.5) is 5.69 Å². The van der Waals surface area contributed by atoms with Crippen molar-refractivity contribution in [2.75, 3.05) is 38.1 Å². The molecule has 2 aromatic rings. The topological polar surface area (TPSA) is 102 Å². The van der Waals surface area contributed by atoms with Gasteiger partial charge in [-0.15, -0.1) is 0 Å². The average Bonchev–Trinajstić information content (AvgIpc) is 2.69. The molecule has 28 heavy (non-hydrogen) atoms. The van der Waals surface area contributed by atoms with E-state index in [9.17, 15) is 16.8 Å². The number of anilines is 1. The molecule has 8 nitrogen and oxygen atoms in total. The van der Waals surface area contributed by atoms with Crippen molar-refractivity contribution < 1.29 is 26.3 Å². The van der Waals surface area contributed by atoms with Crippen LogP contribution in [0.2, 0.25) is 0 Å². The van der Waals surface area contributed by atoms with Crippen molar-refractivity contribution in [1.29, 1.82) is 0 Å². The fraction of sp³-hybridized carbons (Fsp3) is 0.333. The molecule has 0 aliphatic carbocycles. The molecule has 10 heteroatoms. The number of para-hydroxylation sites is 1. The lowest BCUT2D eigenvalue weighted by Gasteiger charge is -2.27. The van der Waals surface area contributed by atoms with Crippen LogP contribution in [0.25, 0.3) is 0 Å². The van der Waals surface area contributed by atoms with Crippen LogP contribution in [-0.4, -0.2) is 54.6 Å². The Morgan fingerprint density at radius 2 is 1.68 bits per heavy atom. The van der Waals surface area contributed by atoms with Gasteiger partial charge in [0.2, 0.25) is 10.0 Å². The smallest absolute Gasteiger partial charge is 0.265 e. The molecule has 0 spiro atoms. The van der Waals surface area contributed by atoms with Gasteiger partial charge in [0.25, 0.3) is 10.0 Å². The van der Waals surface area contributed by atoms with Crippen LogP contribution in [0.5, 0.6) is 5.75 Å². The van der Waals surface area contributed by atoms with Gasteiger partial charge in [-0.3, -0.25) is 4.72 Å². The number of benzene rings is 2. The first-order valence-corrected chi connectivity index (χ1v) is 11.5. The Morgan fingerprint density at radius 1 is 1.00 bits per heavy atom. The van der Waals surface area contributed by atoms with Crippen LogP contribution in [0.3, 0.4) is 0 Å². The Kier molecular flexibility index (Phi) is 5.94. The van der Waals surface area contributed by atoms with E-state index in [-0.39, 0.29) is 34.3 Å². The lowest BCUT2D eigenvalue weighted by atomic mass is 10.2. The second kappa shape index (κ2) is 8.08. The van der Waals surface area contributed by atoms with Gasteiger partial charge in [0.15, 0.2) is 0 Å². The molecule has 0 unspecified atom stereocenters. The highest BCUT2D eigenvalue weighted by Crippen LogP contribution is 2.28. The Hall–Kier alpha value is -2.14. The molecular formula is C18H22N2O6S2. The molecule has 0 atom stereocenters. The minimum atomic E-state index is -3.96. The van der Waals surface area contributed by atoms with E-state index < -0.39 is 20.0 Å². The molecule has 152 valence electrons. The largest absolute Gasteiger partial charge is 0.495 e. The van der Waals surface area contributed by atoms with Crippen LogP contribution < -0.4 is 9.46 Å². The van der Waals surface area contributed by atoms with E-state index in [1.165, 1.54) is 35.7 Å². The van der Waals surface area contributed by atoms with E-state index in [1.807, 2.05) is 0 Å². The van der Waals surface area contributed by atoms with Crippen LogP contribution >= 0.6 is 0 Å². The normalized spacial score (nSPS) is 15.9. The zero-order valence-corrected chi connectivity index (χ0v) is 17.2. The first kappa shape index (κ1) is 20.6. The van der Waals surface area contributed by atoms with Crippen molar-refractivity contribution in [3.05, 3.63) is 48.0 Å². The quantitative estimate of drug-likeness (QED) is 0.756. The maximum absolute atomic E-state index is 13.0. The number of morpholine rings is 1. The minimum Gasteiger partial charge on any atom is -0.495 e. The van der Waals surface area contributed by atoms with Crippen LogP contribution in [0, 0.1) is 6.92 Å². The maximum atomic E-state index is 13.0. The standard InChI is InChI=1S/C18H22N2O6S2/c1-14-7-8-15(13-18(14)28(23,24)20-9-11-26-12-10-20)19-27(21,22)17-6-4-3-5-16(17)25-2/h3-8,13,19H,9-12H2,1-2H3. The lowest BCUT2D eigenvalue weighted by Crippen LogP contribution is -2.40. The number of ether oxygens (including phenoxy) is 2. The predicted octanol–water partition coefficient (Wildman–Crippen LogP) is 1.83. The molecule has 0 amide bonds. The Balaban J connectivity index is 1.95. The van der Waals surface area contributed by atoms with Crippen molar-refractivity contribution in [3.63, 3.8) is 0 Å². The molecule has 1 aliphatic heterocycles. The third-order valence-corrected chi connectivity index (χ3v) is 7.85. The van der Waals surface area contributed by atoms with Gasteiger partial charge in [-0.05, 0) is 36.8 Å². The van der Waals surface area contributed by atoms with E-state index in [4.69, 9.17) is 9.47 Å². The summed E-state index contributed by atoms with van der Waals surface area (Å²) < 4.78 is 65.6. The zero-order valence-electron chi connectivity index (χ0n) is 15.6. The number of aryl methyl sites for hydroxylation is 1. The highest BCUT2D eigenvalue weighted by molar-refractivity contribution is 7.92. The van der Waals surface area contributed by atoms with Crippen molar-refractivity contribution in [2.45, 2.75) is 16.7 Å². The summed E-state index contributed by atoms with van der Waals surface area (Å²) in [5.74, 6) is 0.197. The van der Waals surface area contributed by atoms with Gasteiger partial charge in [-0.2, -0.15) is 4.31 Å². The van der Waals surface area contributed by atoms with E-state index in [0.29, 0.717) is 18.8 Å². The van der Waals surface area contributed by atoms with Gasteiger partial charge in [0, 0.05) is 13.1 Å². The summed E-state index contributed by atoms with van der Waals surface area (Å²) in [6.07, 6.45) is 0. The number of rotatable bonds is 6. The monoisotopic (exact) mass is 426 g/mol. The predicted molar refractivity (Wildman–Crippen MR) is 105 cm³/mol. The van der Waals surface area contributed by atoms with Crippen molar-refractivity contribution in [2.24, 2.45) is 0 Å². The third-order valence-electron chi connectivity index (χ3n) is 4.39. The molecule has 1 heterocycles. The summed E-state index contributed by atoms with van der Waals surface area (Å²) in [5, 5.41) is 0. The number of hydrogen-bond acceptors (Lipinski definition) is 6. The summed E-state index contributed by atoms with van der Waals surface area (Å²) in [7, 11) is -6.33. The highest BCUT2D eigenvalue weighted by Gasteiger charge is 2.28. The molecule has 1 fully saturated rings. The van der Waals surface area contributed by atoms with Crippen LogP contribution in [-0.2, 0) is 24.8 Å². The van der Waals surface area contributed by atoms with Gasteiger partial charge < -0.3 is 9.47 Å². The molecule has 0 saturated carbocycles. The Morgan fingerprint density at radius 3 is 2.36 bits per heavy atom. The number of nitrogens with zero attached hydrogens (tertiary/aromatic N) is 1. The number of methoxy groups -OCH3 is 1. The fourth-order valence-corrected chi connectivity index (χ4v) is 5.80. The maximum Gasteiger partial charge on any atom is 0.265 e. The number of hydrogen-bond donors (Lipinski definition) is 1. The van der Waals surface area contributed by atoms with E-state index in [1.54, 1.807) is 25.1 Å². The molecule has 0 bridgehead atoms. The Bertz CT molecular complexity index is 1060. The molecule has 0 aromatic heterocycles. The van der Waals surface area contributed by atoms with Crippen LogP contribution in [0.15, 0.2) is 52.3 Å². The molecule has 1 N–H and O–H groups in total. The molecular weight excluding hydrogens is 404 g/mol. The van der Waals surface area contributed by atoms with E-state index >= 15 is 0 Å². The minimum absolute atomic E-state index is 0.0318. The highest BCUT2D eigenvalue weighted by atomic mass is 32.2. The molecule has 0 radical (unpaired) electrons. The summed E-state index contributed by atoms with van der Waals surface area (Å²) in [6, 6.07) is 10.6. The van der Waals surface area contributed by atoms with Gasteiger partial charge in [-0.25, -0.2) is 16.8 Å². The second-order valence-corrected chi connectivity index (χ2v) is 9.81. The van der Waals surface area contributed by atoms with Crippen molar-refractivity contribution in [1.82, 2.24) is 4.31 Å². The Labute approximate surface area is 165 Å². The lowest BCUT2D eigenvalue weighted by molar-refractivity contribution is 0.0730. The first-order chi connectivity index (χ1) is 13.3. The molecule has 1 saturated heterocycles. The van der Waals surface area contributed by atoms with Crippen molar-refractivity contribution >= 4 is 25.7 Å². The first-order valence-electron chi connectivity index (χ1n) is 8.60. The molecule has 3 rings (SSSR count). The summed E-state index contributed by atoms with van der Waals surface area (Å²) in [6.45, 7) is 2.86. The van der Waals surface area contributed by atoms with Gasteiger partial charge >= 0.3 is 0 Å². The third kappa shape index (κ3) is 4.14. The van der Waals surface area contributed by atoms with Gasteiger partial charge in [-0.1, -0.05) is 18.2 Å². The molecule has 2 aromatic carbocycles. The fourth-order valence-electron chi connectivity index (χ4n) is 2.92. The second-order valence-electron chi connectivity index (χ2n) is 6.25. The molecule has 1 aliphatic rings. The average molecular weight is 427 g/mol. The van der Waals surface area contributed by atoms with E-state index in [0.717, 1.165) is 0 Å². The van der Waals surface area contributed by atoms with Crippen molar-refractivity contribution in [3.8, 4) is 5.75 Å². The van der Waals surface area contributed by atoms with Gasteiger partial charge in [0.1, 0.15) is 10.6 Å².